The van der Waals surface area contributed by atoms with Crippen LogP contribution in [0.1, 0.15) is 61.9 Å². The van der Waals surface area contributed by atoms with E-state index in [1.807, 2.05) is 25.7 Å². The van der Waals surface area contributed by atoms with Gasteiger partial charge in [-0.05, 0) is 52.0 Å². The van der Waals surface area contributed by atoms with E-state index < -0.39 is 0 Å². The minimum atomic E-state index is -0.00860. The van der Waals surface area contributed by atoms with Gasteiger partial charge in [-0.15, -0.1) is 0 Å². The van der Waals surface area contributed by atoms with Crippen LogP contribution in [0.25, 0.3) is 0 Å². The van der Waals surface area contributed by atoms with Crippen LogP contribution >= 0.6 is 0 Å². The number of hydrogen-bond donors (Lipinski definition) is 2. The lowest BCUT2D eigenvalue weighted by Crippen LogP contribution is -2.51. The first-order chi connectivity index (χ1) is 12.9. The standard InChI is InChI=1S/C20H33N5O2/c1-14-15(2)23-25(16(14)3)13-19(26)21-18-9-11-24(12-10-18)20(27)22-17-7-5-4-6-8-17/h17-18H,4-13H2,1-3H3,(H,21,26)(H,22,27). The largest absolute Gasteiger partial charge is 0.352 e. The van der Waals surface area contributed by atoms with Crippen LogP contribution in [0.5, 0.6) is 0 Å². The number of amides is 3. The zero-order chi connectivity index (χ0) is 19.4. The van der Waals surface area contributed by atoms with Crippen molar-refractivity contribution in [3.05, 3.63) is 17.0 Å². The van der Waals surface area contributed by atoms with Crippen molar-refractivity contribution in [2.45, 2.75) is 84.3 Å². The molecule has 7 nitrogen and oxygen atoms in total. The van der Waals surface area contributed by atoms with Crippen molar-refractivity contribution >= 4 is 11.9 Å². The van der Waals surface area contributed by atoms with Gasteiger partial charge in [0.05, 0.1) is 5.69 Å². The minimum Gasteiger partial charge on any atom is -0.352 e. The molecule has 1 aliphatic carbocycles. The second kappa shape index (κ2) is 8.76. The molecule has 1 saturated heterocycles. The lowest BCUT2D eigenvalue weighted by Gasteiger charge is -2.34. The fraction of sp³-hybridized carbons (Fsp3) is 0.750. The van der Waals surface area contributed by atoms with Gasteiger partial charge in [-0.3, -0.25) is 9.48 Å². The molecule has 1 saturated carbocycles. The van der Waals surface area contributed by atoms with Crippen LogP contribution in [-0.2, 0) is 11.3 Å². The van der Waals surface area contributed by atoms with Crippen LogP contribution in [0.3, 0.4) is 0 Å². The molecule has 2 fully saturated rings. The quantitative estimate of drug-likeness (QED) is 0.848. The summed E-state index contributed by atoms with van der Waals surface area (Å²) in [5.41, 5.74) is 3.15. The van der Waals surface area contributed by atoms with E-state index in [-0.39, 0.29) is 24.5 Å². The highest BCUT2D eigenvalue weighted by molar-refractivity contribution is 5.76. The summed E-state index contributed by atoms with van der Waals surface area (Å²) < 4.78 is 1.77. The first kappa shape index (κ1) is 19.7. The highest BCUT2D eigenvalue weighted by Crippen LogP contribution is 2.18. The number of aromatic nitrogens is 2. The van der Waals surface area contributed by atoms with Crippen molar-refractivity contribution in [1.29, 1.82) is 0 Å². The number of piperidine rings is 1. The van der Waals surface area contributed by atoms with E-state index in [1.165, 1.54) is 19.3 Å². The molecule has 1 aromatic rings. The fourth-order valence-corrected chi connectivity index (χ4v) is 4.09. The maximum atomic E-state index is 12.4. The van der Waals surface area contributed by atoms with Crippen molar-refractivity contribution in [3.63, 3.8) is 0 Å². The summed E-state index contributed by atoms with van der Waals surface area (Å²) in [4.78, 5) is 26.7. The van der Waals surface area contributed by atoms with Gasteiger partial charge in [0, 0.05) is 30.9 Å². The molecule has 3 rings (SSSR count). The monoisotopic (exact) mass is 375 g/mol. The lowest BCUT2D eigenvalue weighted by atomic mass is 9.95. The Bertz CT molecular complexity index is 670. The van der Waals surface area contributed by atoms with Crippen LogP contribution in [0, 0.1) is 20.8 Å². The molecule has 150 valence electrons. The Kier molecular flexibility index (Phi) is 6.39. The molecule has 1 aromatic heterocycles. The molecule has 0 atom stereocenters. The molecule has 2 aliphatic rings. The molecule has 27 heavy (non-hydrogen) atoms. The van der Waals surface area contributed by atoms with E-state index >= 15 is 0 Å². The third kappa shape index (κ3) is 5.02. The Balaban J connectivity index is 1.41. The zero-order valence-corrected chi connectivity index (χ0v) is 16.9. The average molecular weight is 376 g/mol. The van der Waals surface area contributed by atoms with Gasteiger partial charge in [0.15, 0.2) is 0 Å². The Hall–Kier alpha value is -2.05. The maximum absolute atomic E-state index is 12.4. The van der Waals surface area contributed by atoms with E-state index in [0.717, 1.165) is 42.6 Å². The molecule has 3 amide bonds. The smallest absolute Gasteiger partial charge is 0.317 e. The Morgan fingerprint density at radius 2 is 1.59 bits per heavy atom. The Morgan fingerprint density at radius 1 is 0.963 bits per heavy atom. The molecule has 0 radical (unpaired) electrons. The van der Waals surface area contributed by atoms with Crippen LogP contribution in [0.4, 0.5) is 4.79 Å². The van der Waals surface area contributed by atoms with Gasteiger partial charge >= 0.3 is 6.03 Å². The van der Waals surface area contributed by atoms with E-state index in [9.17, 15) is 9.59 Å². The molecule has 0 spiro atoms. The van der Waals surface area contributed by atoms with Crippen LogP contribution in [0.2, 0.25) is 0 Å². The number of likely N-dealkylation sites (tertiary alicyclic amines) is 1. The number of aryl methyl sites for hydroxylation is 1. The van der Waals surface area contributed by atoms with E-state index in [0.29, 0.717) is 19.1 Å². The van der Waals surface area contributed by atoms with Crippen molar-refractivity contribution < 1.29 is 9.59 Å². The third-order valence-electron chi connectivity index (χ3n) is 6.12. The SMILES string of the molecule is Cc1nn(CC(=O)NC2CCN(C(=O)NC3CCCCC3)CC2)c(C)c1C. The van der Waals surface area contributed by atoms with Gasteiger partial charge in [-0.25, -0.2) is 4.79 Å². The highest BCUT2D eigenvalue weighted by atomic mass is 16.2. The van der Waals surface area contributed by atoms with E-state index in [2.05, 4.69) is 15.7 Å². The van der Waals surface area contributed by atoms with Gasteiger partial charge < -0.3 is 15.5 Å². The third-order valence-corrected chi connectivity index (χ3v) is 6.12. The summed E-state index contributed by atoms with van der Waals surface area (Å²) in [7, 11) is 0. The summed E-state index contributed by atoms with van der Waals surface area (Å²) in [6, 6.07) is 0.534. The van der Waals surface area contributed by atoms with Crippen LogP contribution in [-0.4, -0.2) is 51.8 Å². The molecular weight excluding hydrogens is 342 g/mol. The van der Waals surface area contributed by atoms with Gasteiger partial charge in [0.2, 0.25) is 5.91 Å². The highest BCUT2D eigenvalue weighted by Gasteiger charge is 2.26. The van der Waals surface area contributed by atoms with Crippen molar-refractivity contribution in [1.82, 2.24) is 25.3 Å². The molecule has 2 N–H and O–H groups in total. The number of nitrogens with one attached hydrogen (secondary N) is 2. The van der Waals surface area contributed by atoms with Crippen LogP contribution in [0.15, 0.2) is 0 Å². The number of nitrogens with zero attached hydrogens (tertiary/aromatic N) is 3. The molecule has 1 aliphatic heterocycles. The number of urea groups is 1. The van der Waals surface area contributed by atoms with E-state index in [4.69, 9.17) is 0 Å². The second-order valence-corrected chi connectivity index (χ2v) is 8.07. The number of carbonyl (C=O) groups excluding carboxylic acids is 2. The summed E-state index contributed by atoms with van der Waals surface area (Å²) in [6.07, 6.45) is 7.53. The van der Waals surface area contributed by atoms with Gasteiger partial charge in [0.25, 0.3) is 0 Å². The first-order valence-electron chi connectivity index (χ1n) is 10.3. The maximum Gasteiger partial charge on any atom is 0.317 e. The topological polar surface area (TPSA) is 79.3 Å². The predicted molar refractivity (Wildman–Crippen MR) is 105 cm³/mol. The fourth-order valence-electron chi connectivity index (χ4n) is 4.09. The average Bonchev–Trinajstić information content (AvgIpc) is 2.90. The number of rotatable bonds is 4. The molecule has 0 unspecified atom stereocenters. The predicted octanol–water partition coefficient (Wildman–Crippen LogP) is 2.43. The normalized spacial score (nSPS) is 19.1. The molecule has 0 aromatic carbocycles. The van der Waals surface area contributed by atoms with Crippen molar-refractivity contribution in [2.75, 3.05) is 13.1 Å². The first-order valence-corrected chi connectivity index (χ1v) is 10.3. The Morgan fingerprint density at radius 3 is 2.19 bits per heavy atom. The number of carbonyl (C=O) groups is 2. The molecule has 2 heterocycles. The van der Waals surface area contributed by atoms with Crippen LogP contribution < -0.4 is 10.6 Å². The van der Waals surface area contributed by atoms with Gasteiger partial charge in [-0.2, -0.15) is 5.10 Å². The molecule has 7 heteroatoms. The molecular formula is C20H33N5O2. The van der Waals surface area contributed by atoms with Crippen molar-refractivity contribution in [3.8, 4) is 0 Å². The minimum absolute atomic E-state index is 0.00860. The summed E-state index contributed by atoms with van der Waals surface area (Å²) >= 11 is 0. The van der Waals surface area contributed by atoms with Gasteiger partial charge in [-0.1, -0.05) is 19.3 Å². The van der Waals surface area contributed by atoms with Crippen molar-refractivity contribution in [2.24, 2.45) is 0 Å². The molecule has 0 bridgehead atoms. The number of hydrogen-bond acceptors (Lipinski definition) is 3. The van der Waals surface area contributed by atoms with E-state index in [1.54, 1.807) is 4.68 Å². The zero-order valence-electron chi connectivity index (χ0n) is 16.9. The second-order valence-electron chi connectivity index (χ2n) is 8.07. The van der Waals surface area contributed by atoms with Gasteiger partial charge in [0.1, 0.15) is 6.54 Å². The summed E-state index contributed by atoms with van der Waals surface area (Å²) in [5.74, 6) is -0.00860. The summed E-state index contributed by atoms with van der Waals surface area (Å²) in [5, 5.41) is 10.7. The summed E-state index contributed by atoms with van der Waals surface area (Å²) in [6.45, 7) is 7.63. The Labute approximate surface area is 161 Å². The lowest BCUT2D eigenvalue weighted by molar-refractivity contribution is -0.122.